The van der Waals surface area contributed by atoms with E-state index in [-0.39, 0.29) is 29.9 Å². The number of thioether (sulfide) groups is 1. The van der Waals surface area contributed by atoms with Gasteiger partial charge in [0.25, 0.3) is 5.91 Å². The van der Waals surface area contributed by atoms with Gasteiger partial charge in [-0.05, 0) is 48.4 Å². The summed E-state index contributed by atoms with van der Waals surface area (Å²) in [5.74, 6) is -0.467. The van der Waals surface area contributed by atoms with Crippen LogP contribution in [0, 0.1) is 12.7 Å². The van der Waals surface area contributed by atoms with Gasteiger partial charge < -0.3 is 4.90 Å². The predicted molar refractivity (Wildman–Crippen MR) is 122 cm³/mol. The summed E-state index contributed by atoms with van der Waals surface area (Å²) >= 11 is 7.67. The van der Waals surface area contributed by atoms with Crippen LogP contribution in [0.25, 0.3) is 0 Å². The number of rotatable bonds is 3. The largest absolute Gasteiger partial charge is 0.304 e. The van der Waals surface area contributed by atoms with Crippen molar-refractivity contribution in [2.24, 2.45) is 0 Å². The molecule has 0 N–H and O–H groups in total. The smallest absolute Gasteiger partial charge is 0.269 e. The molecule has 2 aliphatic rings. The molecule has 1 atom stereocenters. The summed E-state index contributed by atoms with van der Waals surface area (Å²) in [5.41, 5.74) is 3.82. The average molecular weight is 453 g/mol. The van der Waals surface area contributed by atoms with Gasteiger partial charge in [0, 0.05) is 16.3 Å². The highest BCUT2D eigenvalue weighted by atomic mass is 35.5. The van der Waals surface area contributed by atoms with Crippen molar-refractivity contribution < 1.29 is 14.0 Å². The van der Waals surface area contributed by atoms with Crippen molar-refractivity contribution in [1.29, 1.82) is 0 Å². The van der Waals surface area contributed by atoms with Gasteiger partial charge in [-0.2, -0.15) is 0 Å². The van der Waals surface area contributed by atoms with E-state index in [9.17, 15) is 14.0 Å². The van der Waals surface area contributed by atoms with E-state index >= 15 is 0 Å². The molecule has 156 valence electrons. The summed E-state index contributed by atoms with van der Waals surface area (Å²) in [5, 5.41) is 0.541. The van der Waals surface area contributed by atoms with E-state index in [4.69, 9.17) is 11.6 Å². The standard InChI is InChI=1S/C24H18ClFN2O2S/c1-15-6-11-18(12-20(15)25)28-22(29)14-31-24(28)19-4-2-3-5-21(19)27(23(24)30)13-16-7-9-17(26)10-8-16/h2-12H,13-14H2,1H3/t24-/m1/s1. The van der Waals surface area contributed by atoms with Gasteiger partial charge in [0.05, 0.1) is 18.0 Å². The molecule has 0 bridgehead atoms. The Balaban J connectivity index is 1.63. The second-order valence-corrected chi connectivity index (χ2v) is 9.21. The molecule has 0 aromatic heterocycles. The average Bonchev–Trinajstić information content (AvgIpc) is 3.23. The predicted octanol–water partition coefficient (Wildman–Crippen LogP) is 5.27. The Morgan fingerprint density at radius 2 is 1.81 bits per heavy atom. The molecule has 1 saturated heterocycles. The molecule has 31 heavy (non-hydrogen) atoms. The number of benzene rings is 3. The Kier molecular flexibility index (Phi) is 4.79. The Labute approximate surface area is 188 Å². The lowest BCUT2D eigenvalue weighted by molar-refractivity contribution is -0.123. The molecule has 2 amide bonds. The minimum Gasteiger partial charge on any atom is -0.304 e. The van der Waals surface area contributed by atoms with Crippen molar-refractivity contribution >= 4 is 46.6 Å². The summed E-state index contributed by atoms with van der Waals surface area (Å²) in [6.07, 6.45) is 0. The molecular formula is C24H18ClFN2O2S. The third-order valence-corrected chi connectivity index (χ3v) is 7.52. The summed E-state index contributed by atoms with van der Waals surface area (Å²) in [6.45, 7) is 2.18. The van der Waals surface area contributed by atoms with Crippen LogP contribution in [0.1, 0.15) is 16.7 Å². The number of carbonyl (C=O) groups excluding carboxylic acids is 2. The van der Waals surface area contributed by atoms with Crippen molar-refractivity contribution in [2.45, 2.75) is 18.3 Å². The fraction of sp³-hybridized carbons (Fsp3) is 0.167. The van der Waals surface area contributed by atoms with Crippen LogP contribution in [0.3, 0.4) is 0 Å². The van der Waals surface area contributed by atoms with Gasteiger partial charge in [-0.15, -0.1) is 11.8 Å². The van der Waals surface area contributed by atoms with Crippen LogP contribution in [0.15, 0.2) is 66.7 Å². The first-order valence-corrected chi connectivity index (χ1v) is 11.2. The van der Waals surface area contributed by atoms with E-state index in [1.807, 2.05) is 43.3 Å². The zero-order valence-corrected chi connectivity index (χ0v) is 18.2. The monoisotopic (exact) mass is 452 g/mol. The zero-order valence-electron chi connectivity index (χ0n) is 16.6. The first kappa shape index (κ1) is 20.1. The molecule has 4 nitrogen and oxygen atoms in total. The summed E-state index contributed by atoms with van der Waals surface area (Å²) in [6, 6.07) is 19.0. The van der Waals surface area contributed by atoms with E-state index in [0.29, 0.717) is 10.7 Å². The van der Waals surface area contributed by atoms with Gasteiger partial charge in [0.2, 0.25) is 10.8 Å². The minimum atomic E-state index is -1.19. The fourth-order valence-corrected chi connectivity index (χ4v) is 5.74. The summed E-state index contributed by atoms with van der Waals surface area (Å²) in [7, 11) is 0. The molecule has 5 rings (SSSR count). The van der Waals surface area contributed by atoms with Crippen LogP contribution in [-0.4, -0.2) is 17.6 Å². The molecule has 2 heterocycles. The molecule has 2 aliphatic heterocycles. The number of halogens is 2. The second-order valence-electron chi connectivity index (χ2n) is 7.63. The van der Waals surface area contributed by atoms with Gasteiger partial charge >= 0.3 is 0 Å². The number of para-hydroxylation sites is 1. The SMILES string of the molecule is Cc1ccc(N2C(=O)CS[C@]23C(=O)N(Cc2ccc(F)cc2)c2ccccc23)cc1Cl. The van der Waals surface area contributed by atoms with Gasteiger partial charge in [0.15, 0.2) is 0 Å². The van der Waals surface area contributed by atoms with E-state index < -0.39 is 4.87 Å². The van der Waals surface area contributed by atoms with Gasteiger partial charge in [-0.1, -0.05) is 48.0 Å². The lowest BCUT2D eigenvalue weighted by Gasteiger charge is -2.33. The van der Waals surface area contributed by atoms with Crippen LogP contribution in [0.2, 0.25) is 5.02 Å². The lowest BCUT2D eigenvalue weighted by Crippen LogP contribution is -2.49. The van der Waals surface area contributed by atoms with Crippen molar-refractivity contribution in [1.82, 2.24) is 0 Å². The number of aryl methyl sites for hydroxylation is 1. The molecule has 0 saturated carbocycles. The van der Waals surface area contributed by atoms with Gasteiger partial charge in [-0.3, -0.25) is 14.5 Å². The van der Waals surface area contributed by atoms with Crippen LogP contribution in [-0.2, 0) is 21.0 Å². The first-order valence-electron chi connectivity index (χ1n) is 9.81. The molecule has 0 radical (unpaired) electrons. The van der Waals surface area contributed by atoms with Crippen molar-refractivity contribution in [2.75, 3.05) is 15.6 Å². The number of anilines is 2. The molecule has 0 unspecified atom stereocenters. The zero-order chi connectivity index (χ0) is 21.8. The van der Waals surface area contributed by atoms with Crippen molar-refractivity contribution in [3.63, 3.8) is 0 Å². The molecule has 7 heteroatoms. The fourth-order valence-electron chi connectivity index (χ4n) is 4.21. The number of nitrogens with zero attached hydrogens (tertiary/aromatic N) is 2. The molecule has 1 fully saturated rings. The highest BCUT2D eigenvalue weighted by Crippen LogP contribution is 2.56. The Bertz CT molecular complexity index is 1220. The van der Waals surface area contributed by atoms with E-state index in [0.717, 1.165) is 22.4 Å². The van der Waals surface area contributed by atoms with E-state index in [1.165, 1.54) is 23.9 Å². The van der Waals surface area contributed by atoms with Gasteiger partial charge in [0.1, 0.15) is 5.82 Å². The molecule has 3 aromatic carbocycles. The third kappa shape index (κ3) is 3.05. The maximum absolute atomic E-state index is 13.9. The van der Waals surface area contributed by atoms with Crippen LogP contribution < -0.4 is 9.80 Å². The topological polar surface area (TPSA) is 40.6 Å². The summed E-state index contributed by atoms with van der Waals surface area (Å²) in [4.78, 5) is 29.1. The lowest BCUT2D eigenvalue weighted by atomic mass is 10.0. The maximum Gasteiger partial charge on any atom is 0.269 e. The number of fused-ring (bicyclic) bond motifs is 2. The van der Waals surface area contributed by atoms with Crippen molar-refractivity contribution in [3.8, 4) is 0 Å². The number of hydrogen-bond acceptors (Lipinski definition) is 3. The Morgan fingerprint density at radius 3 is 2.55 bits per heavy atom. The normalized spacial score (nSPS) is 20.1. The molecular weight excluding hydrogens is 435 g/mol. The third-order valence-electron chi connectivity index (χ3n) is 5.73. The second kappa shape index (κ2) is 7.39. The van der Waals surface area contributed by atoms with Crippen LogP contribution in [0.4, 0.5) is 15.8 Å². The first-order chi connectivity index (χ1) is 14.9. The highest BCUT2D eigenvalue weighted by Gasteiger charge is 2.60. The number of hydrogen-bond donors (Lipinski definition) is 0. The van der Waals surface area contributed by atoms with Crippen molar-refractivity contribution in [3.05, 3.63) is 94.3 Å². The number of carbonyl (C=O) groups is 2. The minimum absolute atomic E-state index is 0.142. The maximum atomic E-state index is 13.9. The Hall–Kier alpha value is -2.83. The summed E-state index contributed by atoms with van der Waals surface area (Å²) < 4.78 is 13.4. The van der Waals surface area contributed by atoms with Crippen LogP contribution in [0.5, 0.6) is 0 Å². The number of amides is 2. The molecule has 3 aromatic rings. The van der Waals surface area contributed by atoms with Gasteiger partial charge in [-0.25, -0.2) is 4.39 Å². The molecule has 1 spiro atoms. The van der Waals surface area contributed by atoms with E-state index in [1.54, 1.807) is 28.0 Å². The molecule has 0 aliphatic carbocycles. The van der Waals surface area contributed by atoms with E-state index in [2.05, 4.69) is 0 Å². The van der Waals surface area contributed by atoms with Crippen LogP contribution >= 0.6 is 23.4 Å². The quantitative estimate of drug-likeness (QED) is 0.543. The highest BCUT2D eigenvalue weighted by molar-refractivity contribution is 8.02. The Morgan fingerprint density at radius 1 is 1.06 bits per heavy atom.